The summed E-state index contributed by atoms with van der Waals surface area (Å²) < 4.78 is 40.2. The van der Waals surface area contributed by atoms with E-state index in [0.29, 0.717) is 18.4 Å². The SMILES string of the molecule is Cc1ccc(F)c(S(=O)(=O)NC2(CO)CCC2)c1. The summed E-state index contributed by atoms with van der Waals surface area (Å²) in [5.41, 5.74) is -0.141. The Bertz CT molecular complexity index is 547. The zero-order chi connectivity index (χ0) is 13.4. The monoisotopic (exact) mass is 273 g/mol. The van der Waals surface area contributed by atoms with Gasteiger partial charge in [-0.25, -0.2) is 17.5 Å². The molecular formula is C12H16FNO3S. The molecule has 0 saturated heterocycles. The molecule has 0 atom stereocenters. The summed E-state index contributed by atoms with van der Waals surface area (Å²) in [4.78, 5) is -0.359. The molecule has 0 heterocycles. The van der Waals surface area contributed by atoms with Crippen LogP contribution in [0.15, 0.2) is 23.1 Å². The van der Waals surface area contributed by atoms with Gasteiger partial charge in [-0.1, -0.05) is 6.07 Å². The van der Waals surface area contributed by atoms with Crippen LogP contribution in [-0.4, -0.2) is 25.7 Å². The molecule has 1 aliphatic carbocycles. The van der Waals surface area contributed by atoms with Gasteiger partial charge >= 0.3 is 0 Å². The van der Waals surface area contributed by atoms with Gasteiger partial charge in [-0.3, -0.25) is 0 Å². The summed E-state index contributed by atoms with van der Waals surface area (Å²) in [5, 5.41) is 9.25. The molecule has 18 heavy (non-hydrogen) atoms. The zero-order valence-corrected chi connectivity index (χ0v) is 10.9. The van der Waals surface area contributed by atoms with Crippen LogP contribution in [0.4, 0.5) is 4.39 Å². The molecule has 0 aromatic heterocycles. The Labute approximate surface area is 106 Å². The molecule has 1 saturated carbocycles. The maximum Gasteiger partial charge on any atom is 0.244 e. The van der Waals surface area contributed by atoms with Crippen molar-refractivity contribution in [3.63, 3.8) is 0 Å². The molecule has 6 heteroatoms. The highest BCUT2D eigenvalue weighted by molar-refractivity contribution is 7.89. The maximum absolute atomic E-state index is 13.6. The van der Waals surface area contributed by atoms with E-state index in [9.17, 15) is 17.9 Å². The van der Waals surface area contributed by atoms with E-state index in [1.807, 2.05) is 0 Å². The van der Waals surface area contributed by atoms with Crippen LogP contribution in [0, 0.1) is 12.7 Å². The van der Waals surface area contributed by atoms with Gasteiger partial charge in [0.1, 0.15) is 10.7 Å². The van der Waals surface area contributed by atoms with Crippen molar-refractivity contribution in [3.05, 3.63) is 29.6 Å². The summed E-state index contributed by atoms with van der Waals surface area (Å²) in [7, 11) is -3.93. The second kappa shape index (κ2) is 4.60. The minimum atomic E-state index is -3.93. The molecule has 1 aromatic carbocycles. The predicted molar refractivity (Wildman–Crippen MR) is 65.1 cm³/mol. The average molecular weight is 273 g/mol. The lowest BCUT2D eigenvalue weighted by Gasteiger charge is -2.40. The molecule has 0 bridgehead atoms. The van der Waals surface area contributed by atoms with Gasteiger partial charge in [-0.2, -0.15) is 0 Å². The largest absolute Gasteiger partial charge is 0.394 e. The minimum Gasteiger partial charge on any atom is -0.394 e. The molecule has 0 unspecified atom stereocenters. The molecule has 100 valence electrons. The Morgan fingerprint density at radius 3 is 2.61 bits per heavy atom. The second-order valence-corrected chi connectivity index (χ2v) is 6.48. The van der Waals surface area contributed by atoms with Gasteiger partial charge in [0.2, 0.25) is 10.0 Å². The number of aryl methyl sites for hydroxylation is 1. The first-order chi connectivity index (χ1) is 8.38. The van der Waals surface area contributed by atoms with E-state index < -0.39 is 21.4 Å². The number of sulfonamides is 1. The summed E-state index contributed by atoms with van der Waals surface area (Å²) in [5.74, 6) is -0.777. The zero-order valence-electron chi connectivity index (χ0n) is 10.1. The van der Waals surface area contributed by atoms with Crippen LogP contribution in [0.2, 0.25) is 0 Å². The fourth-order valence-corrected chi connectivity index (χ4v) is 3.67. The fraction of sp³-hybridized carbons (Fsp3) is 0.500. The summed E-state index contributed by atoms with van der Waals surface area (Å²) in [6, 6.07) is 3.94. The first-order valence-electron chi connectivity index (χ1n) is 5.80. The molecule has 1 fully saturated rings. The van der Waals surface area contributed by atoms with Gasteiger partial charge in [0.15, 0.2) is 0 Å². The lowest BCUT2D eigenvalue weighted by molar-refractivity contribution is 0.110. The topological polar surface area (TPSA) is 66.4 Å². The number of rotatable bonds is 4. The first-order valence-corrected chi connectivity index (χ1v) is 7.28. The molecule has 1 aromatic rings. The Balaban J connectivity index is 2.33. The van der Waals surface area contributed by atoms with Gasteiger partial charge in [-0.15, -0.1) is 0 Å². The number of halogens is 1. The maximum atomic E-state index is 13.6. The summed E-state index contributed by atoms with van der Waals surface area (Å²) >= 11 is 0. The number of aliphatic hydroxyl groups is 1. The number of nitrogens with one attached hydrogen (secondary N) is 1. The standard InChI is InChI=1S/C12H16FNO3S/c1-9-3-4-10(13)11(7-9)18(16,17)14-12(8-15)5-2-6-12/h3-4,7,14-15H,2,5-6,8H2,1H3. The van der Waals surface area contributed by atoms with E-state index in [4.69, 9.17) is 0 Å². The third-order valence-corrected chi connectivity index (χ3v) is 4.93. The van der Waals surface area contributed by atoms with Crippen molar-refractivity contribution < 1.29 is 17.9 Å². The molecule has 2 rings (SSSR count). The molecule has 1 aliphatic rings. The summed E-state index contributed by atoms with van der Waals surface area (Å²) in [6.07, 6.45) is 2.02. The number of benzene rings is 1. The van der Waals surface area contributed by atoms with Crippen molar-refractivity contribution >= 4 is 10.0 Å². The number of hydrogen-bond donors (Lipinski definition) is 2. The van der Waals surface area contributed by atoms with Crippen molar-refractivity contribution in [2.24, 2.45) is 0 Å². The Morgan fingerprint density at radius 2 is 2.11 bits per heavy atom. The van der Waals surface area contributed by atoms with Crippen LogP contribution < -0.4 is 4.72 Å². The van der Waals surface area contributed by atoms with E-state index in [0.717, 1.165) is 12.5 Å². The van der Waals surface area contributed by atoms with Crippen molar-refractivity contribution in [2.45, 2.75) is 36.6 Å². The normalized spacial score (nSPS) is 18.4. The molecule has 0 aliphatic heterocycles. The highest BCUT2D eigenvalue weighted by Gasteiger charge is 2.40. The second-order valence-electron chi connectivity index (χ2n) is 4.83. The van der Waals surface area contributed by atoms with Crippen LogP contribution in [0.1, 0.15) is 24.8 Å². The van der Waals surface area contributed by atoms with Crippen molar-refractivity contribution in [2.75, 3.05) is 6.61 Å². The van der Waals surface area contributed by atoms with Gasteiger partial charge in [0, 0.05) is 0 Å². The van der Waals surface area contributed by atoms with Crippen LogP contribution >= 0.6 is 0 Å². The smallest absolute Gasteiger partial charge is 0.244 e. The van der Waals surface area contributed by atoms with E-state index in [1.165, 1.54) is 12.1 Å². The predicted octanol–water partition coefficient (Wildman–Crippen LogP) is 1.33. The van der Waals surface area contributed by atoms with Crippen molar-refractivity contribution in [1.82, 2.24) is 4.72 Å². The third-order valence-electron chi connectivity index (χ3n) is 3.34. The van der Waals surface area contributed by atoms with Crippen LogP contribution in [-0.2, 0) is 10.0 Å². The van der Waals surface area contributed by atoms with Crippen molar-refractivity contribution in [1.29, 1.82) is 0 Å². The minimum absolute atomic E-state index is 0.264. The number of hydrogen-bond acceptors (Lipinski definition) is 3. The van der Waals surface area contributed by atoms with Crippen molar-refractivity contribution in [3.8, 4) is 0 Å². The molecule has 0 spiro atoms. The van der Waals surface area contributed by atoms with Crippen LogP contribution in [0.5, 0.6) is 0 Å². The Morgan fingerprint density at radius 1 is 1.44 bits per heavy atom. The fourth-order valence-electron chi connectivity index (χ4n) is 2.05. The lowest BCUT2D eigenvalue weighted by Crippen LogP contribution is -2.56. The average Bonchev–Trinajstić information content (AvgIpc) is 2.27. The molecule has 4 nitrogen and oxygen atoms in total. The van der Waals surface area contributed by atoms with Gasteiger partial charge in [0.05, 0.1) is 12.1 Å². The third kappa shape index (κ3) is 2.41. The first kappa shape index (κ1) is 13.5. The highest BCUT2D eigenvalue weighted by atomic mass is 32.2. The van der Waals surface area contributed by atoms with E-state index >= 15 is 0 Å². The van der Waals surface area contributed by atoms with Crippen LogP contribution in [0.3, 0.4) is 0 Å². The Hall–Kier alpha value is -0.980. The lowest BCUT2D eigenvalue weighted by atomic mass is 9.78. The van der Waals surface area contributed by atoms with E-state index in [1.54, 1.807) is 6.92 Å². The van der Waals surface area contributed by atoms with Gasteiger partial charge < -0.3 is 5.11 Å². The van der Waals surface area contributed by atoms with E-state index in [2.05, 4.69) is 4.72 Å². The quantitative estimate of drug-likeness (QED) is 0.869. The highest BCUT2D eigenvalue weighted by Crippen LogP contribution is 2.33. The van der Waals surface area contributed by atoms with Gasteiger partial charge in [-0.05, 0) is 43.9 Å². The summed E-state index contributed by atoms with van der Waals surface area (Å²) in [6.45, 7) is 1.43. The van der Waals surface area contributed by atoms with E-state index in [-0.39, 0.29) is 11.5 Å². The molecule has 0 radical (unpaired) electrons. The van der Waals surface area contributed by atoms with Crippen LogP contribution in [0.25, 0.3) is 0 Å². The molecule has 2 N–H and O–H groups in total. The number of aliphatic hydroxyl groups excluding tert-OH is 1. The van der Waals surface area contributed by atoms with Gasteiger partial charge in [0.25, 0.3) is 0 Å². The molecular weight excluding hydrogens is 257 g/mol. The molecule has 0 amide bonds. The Kier molecular flexibility index (Phi) is 3.44.